The van der Waals surface area contributed by atoms with Crippen molar-refractivity contribution in [3.05, 3.63) is 23.5 Å². The average molecular weight is 231 g/mol. The molecule has 0 spiro atoms. The Labute approximate surface area is 92.4 Å². The molecule has 0 radical (unpaired) electrons. The first-order chi connectivity index (χ1) is 7.15. The molecule has 0 aliphatic carbocycles. The van der Waals surface area contributed by atoms with Gasteiger partial charge in [0.1, 0.15) is 11.6 Å². The topological polar surface area (TPSA) is 55.5 Å². The molecule has 1 aromatic rings. The molecule has 1 atom stereocenters. The Morgan fingerprint density at radius 3 is 2.73 bits per heavy atom. The number of methoxy groups -OCH3 is 1. The van der Waals surface area contributed by atoms with Gasteiger partial charge in [-0.2, -0.15) is 0 Å². The lowest BCUT2D eigenvalue weighted by Gasteiger charge is -2.14. The minimum absolute atomic E-state index is 0.281. The lowest BCUT2D eigenvalue weighted by atomic mass is 10.1. The van der Waals surface area contributed by atoms with Crippen LogP contribution in [-0.2, 0) is 0 Å². The molecule has 0 bridgehead atoms. The van der Waals surface area contributed by atoms with E-state index in [2.05, 4.69) is 0 Å². The molecular formula is C10H14FNO2S. The van der Waals surface area contributed by atoms with Crippen LogP contribution in [0.5, 0.6) is 5.75 Å². The summed E-state index contributed by atoms with van der Waals surface area (Å²) in [6, 6.07) is 2.50. The first-order valence-corrected chi connectivity index (χ1v) is 5.65. The summed E-state index contributed by atoms with van der Waals surface area (Å²) >= 11 is 1.25. The van der Waals surface area contributed by atoms with Gasteiger partial charge in [-0.05, 0) is 12.3 Å². The molecule has 0 saturated carbocycles. The Hall–Kier alpha value is -0.780. The number of halogens is 1. The summed E-state index contributed by atoms with van der Waals surface area (Å²) in [6.45, 7) is -0.281. The van der Waals surface area contributed by atoms with Gasteiger partial charge < -0.3 is 15.6 Å². The van der Waals surface area contributed by atoms with E-state index in [0.29, 0.717) is 16.2 Å². The summed E-state index contributed by atoms with van der Waals surface area (Å²) in [6.07, 6.45) is 1.76. The molecule has 0 saturated heterocycles. The number of hydrogen-bond donors (Lipinski definition) is 2. The maximum Gasteiger partial charge on any atom is 0.145 e. The molecule has 0 aromatic heterocycles. The van der Waals surface area contributed by atoms with E-state index >= 15 is 0 Å². The molecule has 15 heavy (non-hydrogen) atoms. The van der Waals surface area contributed by atoms with Crippen molar-refractivity contribution in [2.75, 3.05) is 20.0 Å². The highest BCUT2D eigenvalue weighted by Gasteiger charge is 2.17. The third kappa shape index (κ3) is 2.42. The molecule has 0 aliphatic rings. The molecule has 3 N–H and O–H groups in total. The van der Waals surface area contributed by atoms with Gasteiger partial charge in [-0.3, -0.25) is 0 Å². The van der Waals surface area contributed by atoms with Crippen LogP contribution in [0.25, 0.3) is 0 Å². The zero-order chi connectivity index (χ0) is 11.4. The van der Waals surface area contributed by atoms with Crippen LogP contribution in [0.2, 0.25) is 0 Å². The number of aliphatic hydroxyl groups is 1. The fourth-order valence-corrected chi connectivity index (χ4v) is 1.94. The first-order valence-electron chi connectivity index (χ1n) is 4.42. The standard InChI is InChI=1S/C10H14FNO2S/c1-14-8-4-3-6(7(12)5-13)9(11)10(8)15-2/h3-4,7,13H,5,12H2,1-2H3. The largest absolute Gasteiger partial charge is 0.495 e. The van der Waals surface area contributed by atoms with Crippen molar-refractivity contribution in [1.82, 2.24) is 0 Å². The van der Waals surface area contributed by atoms with Gasteiger partial charge in [0.05, 0.1) is 24.7 Å². The zero-order valence-electron chi connectivity index (χ0n) is 8.66. The molecule has 1 aromatic carbocycles. The van der Waals surface area contributed by atoms with Gasteiger partial charge in [-0.1, -0.05) is 6.07 Å². The molecule has 5 heteroatoms. The third-order valence-corrected chi connectivity index (χ3v) is 2.90. The summed E-state index contributed by atoms with van der Waals surface area (Å²) in [5, 5.41) is 8.87. The van der Waals surface area contributed by atoms with E-state index in [-0.39, 0.29) is 6.61 Å². The normalized spacial score (nSPS) is 12.6. The summed E-state index contributed by atoms with van der Waals surface area (Å²) < 4.78 is 18.9. The van der Waals surface area contributed by atoms with Crippen molar-refractivity contribution in [3.8, 4) is 5.75 Å². The van der Waals surface area contributed by atoms with Crippen LogP contribution < -0.4 is 10.5 Å². The first kappa shape index (κ1) is 12.3. The van der Waals surface area contributed by atoms with E-state index in [1.807, 2.05) is 0 Å². The average Bonchev–Trinajstić information content (AvgIpc) is 2.27. The lowest BCUT2D eigenvalue weighted by Crippen LogP contribution is -2.16. The molecule has 0 heterocycles. The van der Waals surface area contributed by atoms with E-state index in [0.717, 1.165) is 0 Å². The van der Waals surface area contributed by atoms with Crippen LogP contribution >= 0.6 is 11.8 Å². The Morgan fingerprint density at radius 1 is 1.60 bits per heavy atom. The van der Waals surface area contributed by atoms with Gasteiger partial charge >= 0.3 is 0 Å². The van der Waals surface area contributed by atoms with Crippen LogP contribution in [0.15, 0.2) is 17.0 Å². The molecule has 0 amide bonds. The smallest absolute Gasteiger partial charge is 0.145 e. The van der Waals surface area contributed by atoms with Crippen LogP contribution in [-0.4, -0.2) is 25.1 Å². The number of aliphatic hydroxyl groups excluding tert-OH is 1. The maximum atomic E-state index is 13.9. The fourth-order valence-electron chi connectivity index (χ4n) is 1.29. The van der Waals surface area contributed by atoms with Gasteiger partial charge in [-0.15, -0.1) is 11.8 Å². The van der Waals surface area contributed by atoms with Gasteiger partial charge in [0.25, 0.3) is 0 Å². The number of ether oxygens (including phenoxy) is 1. The van der Waals surface area contributed by atoms with Gasteiger partial charge in [0.15, 0.2) is 0 Å². The molecule has 0 aliphatic heterocycles. The van der Waals surface area contributed by atoms with Crippen LogP contribution in [0.3, 0.4) is 0 Å². The summed E-state index contributed by atoms with van der Waals surface area (Å²) in [5.74, 6) is 0.0669. The molecule has 1 unspecified atom stereocenters. The Bertz CT molecular complexity index is 346. The van der Waals surface area contributed by atoms with E-state index in [1.165, 1.54) is 24.9 Å². The summed E-state index contributed by atoms with van der Waals surface area (Å²) in [7, 11) is 1.49. The van der Waals surface area contributed by atoms with Crippen molar-refractivity contribution in [2.45, 2.75) is 10.9 Å². The van der Waals surface area contributed by atoms with Crippen molar-refractivity contribution >= 4 is 11.8 Å². The minimum Gasteiger partial charge on any atom is -0.495 e. The second-order valence-electron chi connectivity index (χ2n) is 2.99. The number of benzene rings is 1. The lowest BCUT2D eigenvalue weighted by molar-refractivity contribution is 0.264. The highest BCUT2D eigenvalue weighted by Crippen LogP contribution is 2.33. The minimum atomic E-state index is -0.693. The molecule has 84 valence electrons. The van der Waals surface area contributed by atoms with Gasteiger partial charge in [0, 0.05) is 5.56 Å². The zero-order valence-corrected chi connectivity index (χ0v) is 9.47. The Kier molecular flexibility index (Phi) is 4.38. The molecule has 1 rings (SSSR count). The van der Waals surface area contributed by atoms with Crippen molar-refractivity contribution in [2.24, 2.45) is 5.73 Å². The van der Waals surface area contributed by atoms with Crippen LogP contribution in [0.1, 0.15) is 11.6 Å². The van der Waals surface area contributed by atoms with Crippen molar-refractivity contribution in [3.63, 3.8) is 0 Å². The highest BCUT2D eigenvalue weighted by molar-refractivity contribution is 7.98. The SMILES string of the molecule is COc1ccc(C(N)CO)c(F)c1SC. The number of nitrogens with two attached hydrogens (primary N) is 1. The number of rotatable bonds is 4. The maximum absolute atomic E-state index is 13.9. The van der Waals surface area contributed by atoms with Crippen LogP contribution in [0, 0.1) is 5.82 Å². The van der Waals surface area contributed by atoms with Crippen molar-refractivity contribution in [1.29, 1.82) is 0 Å². The van der Waals surface area contributed by atoms with Gasteiger partial charge in [0.2, 0.25) is 0 Å². The Balaban J connectivity index is 3.22. The van der Waals surface area contributed by atoms with E-state index in [1.54, 1.807) is 12.3 Å². The van der Waals surface area contributed by atoms with E-state index in [9.17, 15) is 4.39 Å². The second-order valence-corrected chi connectivity index (χ2v) is 3.81. The fraction of sp³-hybridized carbons (Fsp3) is 0.400. The third-order valence-electron chi connectivity index (χ3n) is 2.11. The predicted molar refractivity (Wildman–Crippen MR) is 58.7 cm³/mol. The molecule has 3 nitrogen and oxygen atoms in total. The van der Waals surface area contributed by atoms with E-state index in [4.69, 9.17) is 15.6 Å². The summed E-state index contributed by atoms with van der Waals surface area (Å²) in [5.41, 5.74) is 5.88. The van der Waals surface area contributed by atoms with E-state index < -0.39 is 11.9 Å². The number of thioether (sulfide) groups is 1. The van der Waals surface area contributed by atoms with Crippen molar-refractivity contribution < 1.29 is 14.2 Å². The van der Waals surface area contributed by atoms with Crippen LogP contribution in [0.4, 0.5) is 4.39 Å². The summed E-state index contributed by atoms with van der Waals surface area (Å²) in [4.78, 5) is 0.416. The highest BCUT2D eigenvalue weighted by atomic mass is 32.2. The predicted octanol–water partition coefficient (Wildman–Crippen LogP) is 1.55. The molecule has 0 fully saturated rings. The van der Waals surface area contributed by atoms with Gasteiger partial charge in [-0.25, -0.2) is 4.39 Å². The second kappa shape index (κ2) is 5.34. The number of hydrogen-bond acceptors (Lipinski definition) is 4. The molecular weight excluding hydrogens is 217 g/mol. The quantitative estimate of drug-likeness (QED) is 0.772. The monoisotopic (exact) mass is 231 g/mol. The Morgan fingerprint density at radius 2 is 2.27 bits per heavy atom.